The highest BCUT2D eigenvalue weighted by molar-refractivity contribution is 7.89. The second-order valence-corrected chi connectivity index (χ2v) is 7.01. The Morgan fingerprint density at radius 3 is 2.70 bits per heavy atom. The summed E-state index contributed by atoms with van der Waals surface area (Å²) in [7, 11) is -3.79. The molecule has 1 atom stereocenters. The smallest absolute Gasteiger partial charge is 0.268 e. The molecular weight excluding hydrogens is 278 g/mol. The number of carbonyl (C=O) groups excluding carboxylic acids is 1. The standard InChI is InChI=1S/C13H21N3O3S/c1-3-16-8-11(20(14,18)19)7-12(16)13(17)15-9(2)6-10-4-5-10/h7-10H,3-6H2,1-2H3,(H,15,17)(H2,14,18,19). The lowest BCUT2D eigenvalue weighted by Gasteiger charge is -2.14. The number of amides is 1. The van der Waals surface area contributed by atoms with Crippen LogP contribution in [0.3, 0.4) is 0 Å². The van der Waals surface area contributed by atoms with Gasteiger partial charge in [-0.3, -0.25) is 4.79 Å². The van der Waals surface area contributed by atoms with Crippen LogP contribution in [0.4, 0.5) is 0 Å². The highest BCUT2D eigenvalue weighted by Gasteiger charge is 2.25. The van der Waals surface area contributed by atoms with E-state index >= 15 is 0 Å². The number of hydrogen-bond donors (Lipinski definition) is 2. The number of aryl methyl sites for hydroxylation is 1. The van der Waals surface area contributed by atoms with Gasteiger partial charge in [0.15, 0.2) is 0 Å². The van der Waals surface area contributed by atoms with Crippen molar-refractivity contribution in [2.75, 3.05) is 0 Å². The molecule has 0 saturated heterocycles. The molecule has 0 aliphatic heterocycles. The largest absolute Gasteiger partial charge is 0.348 e. The lowest BCUT2D eigenvalue weighted by Crippen LogP contribution is -2.34. The number of nitrogens with zero attached hydrogens (tertiary/aromatic N) is 1. The molecule has 1 aliphatic carbocycles. The van der Waals surface area contributed by atoms with E-state index in [0.717, 1.165) is 12.3 Å². The maximum Gasteiger partial charge on any atom is 0.268 e. The van der Waals surface area contributed by atoms with Crippen LogP contribution in [0.1, 0.15) is 43.6 Å². The van der Waals surface area contributed by atoms with Gasteiger partial charge in [0.25, 0.3) is 5.91 Å². The Bertz CT molecular complexity index is 602. The minimum absolute atomic E-state index is 0.0284. The predicted molar refractivity (Wildman–Crippen MR) is 75.7 cm³/mol. The third-order valence-electron chi connectivity index (χ3n) is 3.53. The van der Waals surface area contributed by atoms with E-state index in [9.17, 15) is 13.2 Å². The summed E-state index contributed by atoms with van der Waals surface area (Å²) in [6, 6.07) is 1.42. The molecule has 0 radical (unpaired) electrons. The molecule has 6 nitrogen and oxygen atoms in total. The van der Waals surface area contributed by atoms with Gasteiger partial charge in [0.2, 0.25) is 10.0 Å². The first kappa shape index (κ1) is 15.1. The van der Waals surface area contributed by atoms with Crippen molar-refractivity contribution in [3.8, 4) is 0 Å². The van der Waals surface area contributed by atoms with Gasteiger partial charge in [0.05, 0.1) is 0 Å². The van der Waals surface area contributed by atoms with E-state index in [1.807, 2.05) is 13.8 Å². The minimum Gasteiger partial charge on any atom is -0.348 e. The van der Waals surface area contributed by atoms with Crippen molar-refractivity contribution in [2.45, 2.75) is 50.6 Å². The molecule has 3 N–H and O–H groups in total. The lowest BCUT2D eigenvalue weighted by atomic mass is 10.1. The second kappa shape index (κ2) is 5.57. The van der Waals surface area contributed by atoms with Crippen LogP contribution in [0, 0.1) is 5.92 Å². The maximum atomic E-state index is 12.2. The van der Waals surface area contributed by atoms with E-state index in [-0.39, 0.29) is 16.8 Å². The number of nitrogens with one attached hydrogen (secondary N) is 1. The summed E-state index contributed by atoms with van der Waals surface area (Å²) in [5, 5.41) is 8.01. The topological polar surface area (TPSA) is 94.2 Å². The molecule has 112 valence electrons. The zero-order chi connectivity index (χ0) is 14.9. The van der Waals surface area contributed by atoms with E-state index in [0.29, 0.717) is 12.2 Å². The number of sulfonamides is 1. The lowest BCUT2D eigenvalue weighted by molar-refractivity contribution is 0.0928. The Morgan fingerprint density at radius 1 is 1.55 bits per heavy atom. The van der Waals surface area contributed by atoms with Gasteiger partial charge in [0, 0.05) is 18.8 Å². The number of carbonyl (C=O) groups is 1. The molecule has 1 aromatic rings. The number of hydrogen-bond acceptors (Lipinski definition) is 3. The third-order valence-corrected chi connectivity index (χ3v) is 4.41. The fourth-order valence-electron chi connectivity index (χ4n) is 2.30. The monoisotopic (exact) mass is 299 g/mol. The van der Waals surface area contributed by atoms with E-state index in [2.05, 4.69) is 5.32 Å². The summed E-state index contributed by atoms with van der Waals surface area (Å²) >= 11 is 0. The molecule has 1 amide bonds. The van der Waals surface area contributed by atoms with E-state index < -0.39 is 10.0 Å². The van der Waals surface area contributed by atoms with Crippen molar-refractivity contribution >= 4 is 15.9 Å². The van der Waals surface area contributed by atoms with Gasteiger partial charge in [-0.15, -0.1) is 0 Å². The van der Waals surface area contributed by atoms with Crippen LogP contribution in [0.5, 0.6) is 0 Å². The van der Waals surface area contributed by atoms with Gasteiger partial charge >= 0.3 is 0 Å². The summed E-state index contributed by atoms with van der Waals surface area (Å²) in [5.41, 5.74) is 0.333. The molecule has 0 bridgehead atoms. The number of rotatable bonds is 6. The fourth-order valence-corrected chi connectivity index (χ4v) is 2.85. The first-order valence-corrected chi connectivity index (χ1v) is 8.39. The molecule has 7 heteroatoms. The molecule has 1 saturated carbocycles. The Hall–Kier alpha value is -1.34. The Morgan fingerprint density at radius 2 is 2.20 bits per heavy atom. The van der Waals surface area contributed by atoms with Crippen molar-refractivity contribution in [3.63, 3.8) is 0 Å². The first-order chi connectivity index (χ1) is 9.31. The number of aromatic nitrogens is 1. The molecular formula is C13H21N3O3S. The minimum atomic E-state index is -3.79. The molecule has 1 aromatic heterocycles. The van der Waals surface area contributed by atoms with Gasteiger partial charge < -0.3 is 9.88 Å². The molecule has 0 aromatic carbocycles. The van der Waals surface area contributed by atoms with Gasteiger partial charge in [-0.25, -0.2) is 13.6 Å². The van der Waals surface area contributed by atoms with Crippen LogP contribution in [-0.4, -0.2) is 24.9 Å². The van der Waals surface area contributed by atoms with Crippen molar-refractivity contribution in [3.05, 3.63) is 18.0 Å². The summed E-state index contributed by atoms with van der Waals surface area (Å²) in [4.78, 5) is 12.2. The highest BCUT2D eigenvalue weighted by Crippen LogP contribution is 2.33. The van der Waals surface area contributed by atoms with Gasteiger partial charge in [-0.05, 0) is 32.3 Å². The molecule has 1 unspecified atom stereocenters. The normalized spacial score (nSPS) is 16.9. The Balaban J connectivity index is 2.13. The van der Waals surface area contributed by atoms with Crippen molar-refractivity contribution in [1.82, 2.24) is 9.88 Å². The molecule has 0 spiro atoms. The van der Waals surface area contributed by atoms with Gasteiger partial charge in [0.1, 0.15) is 10.6 Å². The molecule has 1 fully saturated rings. The Labute approximate surface area is 119 Å². The van der Waals surface area contributed by atoms with Crippen LogP contribution in [0.25, 0.3) is 0 Å². The Kier molecular flexibility index (Phi) is 4.19. The SMILES string of the molecule is CCn1cc(S(N)(=O)=O)cc1C(=O)NC(C)CC1CC1. The third kappa shape index (κ3) is 3.61. The summed E-state index contributed by atoms with van der Waals surface area (Å²) < 4.78 is 24.3. The number of nitrogens with two attached hydrogens (primary N) is 1. The second-order valence-electron chi connectivity index (χ2n) is 5.45. The average Bonchev–Trinajstić information content (AvgIpc) is 3.02. The van der Waals surface area contributed by atoms with Crippen LogP contribution in [0.2, 0.25) is 0 Å². The van der Waals surface area contributed by atoms with E-state index in [4.69, 9.17) is 5.14 Å². The summed E-state index contributed by atoms with van der Waals surface area (Å²) in [6.45, 7) is 4.32. The van der Waals surface area contributed by atoms with Crippen molar-refractivity contribution < 1.29 is 13.2 Å². The van der Waals surface area contributed by atoms with Crippen LogP contribution < -0.4 is 10.5 Å². The van der Waals surface area contributed by atoms with Crippen LogP contribution >= 0.6 is 0 Å². The van der Waals surface area contributed by atoms with Crippen molar-refractivity contribution in [1.29, 1.82) is 0 Å². The zero-order valence-electron chi connectivity index (χ0n) is 11.8. The van der Waals surface area contributed by atoms with Crippen LogP contribution in [0.15, 0.2) is 17.2 Å². The highest BCUT2D eigenvalue weighted by atomic mass is 32.2. The molecule has 2 rings (SSSR count). The van der Waals surface area contributed by atoms with E-state index in [1.165, 1.54) is 25.1 Å². The van der Waals surface area contributed by atoms with Crippen molar-refractivity contribution in [2.24, 2.45) is 11.1 Å². The van der Waals surface area contributed by atoms with Crippen LogP contribution in [-0.2, 0) is 16.6 Å². The van der Waals surface area contributed by atoms with Gasteiger partial charge in [-0.2, -0.15) is 0 Å². The summed E-state index contributed by atoms with van der Waals surface area (Å²) in [5.74, 6) is 0.471. The molecule has 20 heavy (non-hydrogen) atoms. The maximum absolute atomic E-state index is 12.2. The zero-order valence-corrected chi connectivity index (χ0v) is 12.6. The predicted octanol–water partition coefficient (Wildman–Crippen LogP) is 1.07. The molecule has 1 aliphatic rings. The van der Waals surface area contributed by atoms with Gasteiger partial charge in [-0.1, -0.05) is 12.8 Å². The quantitative estimate of drug-likeness (QED) is 0.822. The summed E-state index contributed by atoms with van der Waals surface area (Å²) in [6.07, 6.45) is 4.85. The first-order valence-electron chi connectivity index (χ1n) is 6.85. The average molecular weight is 299 g/mol. The van der Waals surface area contributed by atoms with E-state index in [1.54, 1.807) is 4.57 Å². The fraction of sp³-hybridized carbons (Fsp3) is 0.615. The number of primary sulfonamides is 1. The molecule has 1 heterocycles.